The van der Waals surface area contributed by atoms with Gasteiger partial charge in [0.2, 0.25) is 5.75 Å². The fourth-order valence-electron chi connectivity index (χ4n) is 9.41. The third kappa shape index (κ3) is 14.0. The molecule has 0 saturated carbocycles. The number of carboxylic acids is 1. The van der Waals surface area contributed by atoms with Gasteiger partial charge in [-0.1, -0.05) is 71.8 Å². The summed E-state index contributed by atoms with van der Waals surface area (Å²) in [5.41, 5.74) is 1.55. The molecular formula is C53H72NaO16. The number of aliphatic hydroxyl groups is 3. The Bertz CT molecular complexity index is 2340. The van der Waals surface area contributed by atoms with Crippen LogP contribution in [0.2, 0.25) is 0 Å². The molecule has 8 atom stereocenters. The number of Topliss-reactive ketones (excluding diaryl/α,β-unsaturated/α-hetero) is 1. The molecule has 17 heteroatoms. The molecular weight excluding hydrogens is 916 g/mol. The number of aliphatic hydroxyl groups excluding tert-OH is 3. The Hall–Kier alpha value is -4.84. The predicted octanol–water partition coefficient (Wildman–Crippen LogP) is 8.11. The van der Waals surface area contributed by atoms with Crippen molar-refractivity contribution in [3.05, 3.63) is 59.2 Å². The number of rotatable bonds is 22. The van der Waals surface area contributed by atoms with E-state index in [1.807, 2.05) is 39.8 Å². The van der Waals surface area contributed by atoms with Crippen molar-refractivity contribution < 1.29 is 77.9 Å². The number of allylic oxidation sites excluding steroid dienone is 2. The molecule has 0 saturated heterocycles. The van der Waals surface area contributed by atoms with Crippen molar-refractivity contribution in [3.63, 3.8) is 0 Å². The van der Waals surface area contributed by atoms with Gasteiger partial charge in [-0.2, -0.15) is 0 Å². The molecule has 5 rings (SSSR count). The van der Waals surface area contributed by atoms with E-state index in [1.54, 1.807) is 24.3 Å². The topological polar surface area (TPSA) is 234 Å². The van der Waals surface area contributed by atoms with Crippen LogP contribution in [-0.4, -0.2) is 146 Å². The maximum Gasteiger partial charge on any atom is 0.339 e. The maximum absolute atomic E-state index is 13.8. The molecule has 3 aromatic rings. The van der Waals surface area contributed by atoms with Crippen molar-refractivity contribution in [3.8, 4) is 45.6 Å². The second kappa shape index (κ2) is 27.7. The number of aromatic hydroxyl groups is 1. The van der Waals surface area contributed by atoms with Crippen LogP contribution in [0.3, 0.4) is 0 Å². The van der Waals surface area contributed by atoms with Crippen molar-refractivity contribution in [1.82, 2.24) is 0 Å². The third-order valence-corrected chi connectivity index (χ3v) is 13.5. The number of hydrogen-bond acceptors (Lipinski definition) is 15. The van der Waals surface area contributed by atoms with E-state index in [-0.39, 0.29) is 130 Å². The Labute approximate surface area is 433 Å². The fraction of sp³-hybridized carbons (Fsp3) is 0.547. The molecule has 2 aliphatic rings. The minimum atomic E-state index is -1.10. The maximum atomic E-state index is 13.8. The summed E-state index contributed by atoms with van der Waals surface area (Å²) in [6, 6.07) is 6.66. The first-order chi connectivity index (χ1) is 32.9. The standard InChI is InChI=1S/C30H36O9.C23H36O7.Na/c1-9-16(10-2)13-19(31)25-26(30(33)39-8)23(17-11-12-20(34-3)21(14-17)35-4)24-18(27(25)32)15-22(36-5)28(37-6)29(24)38-7;1-4-13(2)23(29)30-20-11-17(25)9-15-6-5-14(3)19(22(15)20)8-7-16(24)10-18(26)12-21(27)28;/h11-12,14-16,32H,9-10,13H2,1-8H3;5-6,9,13-14,16-20,22,24-26H,4,7-8,10-12H2,1-3H3,(H,27,28);/t;13-,14-,16+,17+,18+,19-,20-,22-;/m.0./s1. The van der Waals surface area contributed by atoms with Crippen LogP contribution in [-0.2, 0) is 19.1 Å². The molecule has 5 N–H and O–H groups in total. The second-order valence-electron chi connectivity index (χ2n) is 17.8. The summed E-state index contributed by atoms with van der Waals surface area (Å²) in [5, 5.41) is 51.3. The number of phenols is 1. The molecule has 0 heterocycles. The SMILES string of the molecule is CCC(CC)CC(=O)c1c(C(=O)OC)c(-c2ccc(OC)c(OC)c2)c2c(OC)c(OC)c(OC)cc2c1O.CC[C@H](C)C(=O)O[C@H]1C[C@H](O)C=C2C=C[C@H](C)[C@H](CC[C@@H](O)C[C@@H](O)CC(=O)O)[C@H]21.[Na]. The van der Waals surface area contributed by atoms with Crippen LogP contribution >= 0.6 is 0 Å². The van der Waals surface area contributed by atoms with Crippen LogP contribution in [0, 0.1) is 29.6 Å². The van der Waals surface area contributed by atoms with Gasteiger partial charge in [0.05, 0.1) is 84.4 Å². The van der Waals surface area contributed by atoms with Gasteiger partial charge in [0.1, 0.15) is 11.9 Å². The molecule has 0 aromatic heterocycles. The van der Waals surface area contributed by atoms with Gasteiger partial charge < -0.3 is 58.7 Å². The summed E-state index contributed by atoms with van der Waals surface area (Å²) in [6.45, 7) is 9.85. The van der Waals surface area contributed by atoms with Gasteiger partial charge >= 0.3 is 17.9 Å². The largest absolute Gasteiger partial charge is 0.507 e. The average Bonchev–Trinajstić information content (AvgIpc) is 3.33. The number of benzene rings is 3. The van der Waals surface area contributed by atoms with Crippen LogP contribution in [0.25, 0.3) is 21.9 Å². The number of carbonyl (C=O) groups excluding carboxylic acids is 3. The second-order valence-corrected chi connectivity index (χ2v) is 17.8. The summed E-state index contributed by atoms with van der Waals surface area (Å²) in [5.74, 6) is -1.17. The van der Waals surface area contributed by atoms with Crippen LogP contribution in [0.4, 0.5) is 0 Å². The van der Waals surface area contributed by atoms with Gasteiger partial charge in [0.15, 0.2) is 28.8 Å². The number of ketones is 1. The number of esters is 2. The zero-order valence-corrected chi connectivity index (χ0v) is 44.8. The van der Waals surface area contributed by atoms with E-state index in [1.165, 1.54) is 42.7 Å². The Morgan fingerprint density at radius 3 is 2.00 bits per heavy atom. The molecule has 1 radical (unpaired) electrons. The minimum Gasteiger partial charge on any atom is -0.507 e. The summed E-state index contributed by atoms with van der Waals surface area (Å²) in [6.07, 6.45) is 6.32. The molecule has 0 fully saturated rings. The fourth-order valence-corrected chi connectivity index (χ4v) is 9.41. The van der Waals surface area contributed by atoms with Crippen molar-refractivity contribution in [2.24, 2.45) is 29.6 Å². The van der Waals surface area contributed by atoms with E-state index in [2.05, 4.69) is 13.0 Å². The van der Waals surface area contributed by atoms with E-state index < -0.39 is 36.4 Å². The van der Waals surface area contributed by atoms with Crippen molar-refractivity contribution in [2.75, 3.05) is 42.7 Å². The molecule has 16 nitrogen and oxygen atoms in total. The summed E-state index contributed by atoms with van der Waals surface area (Å²) in [7, 11) is 8.59. The molecule has 70 heavy (non-hydrogen) atoms. The molecule has 3 aromatic carbocycles. The van der Waals surface area contributed by atoms with Gasteiger partial charge in [0.25, 0.3) is 0 Å². The first-order valence-corrected chi connectivity index (χ1v) is 23.6. The molecule has 0 bridgehead atoms. The molecule has 0 amide bonds. The van der Waals surface area contributed by atoms with Gasteiger partial charge in [0, 0.05) is 64.7 Å². The number of aliphatic carboxylic acids is 1. The van der Waals surface area contributed by atoms with Crippen LogP contribution < -0.4 is 23.7 Å². The van der Waals surface area contributed by atoms with Crippen LogP contribution in [0.15, 0.2) is 48.1 Å². The van der Waals surface area contributed by atoms with Crippen LogP contribution in [0.5, 0.6) is 34.5 Å². The van der Waals surface area contributed by atoms with E-state index >= 15 is 0 Å². The summed E-state index contributed by atoms with van der Waals surface area (Å²) < 4.78 is 38.8. The number of fused-ring (bicyclic) bond motifs is 2. The quantitative estimate of drug-likeness (QED) is 0.0363. The Morgan fingerprint density at radius 1 is 0.800 bits per heavy atom. The molecule has 381 valence electrons. The van der Waals surface area contributed by atoms with Gasteiger partial charge in [-0.25, -0.2) is 4.79 Å². The Morgan fingerprint density at radius 2 is 1.44 bits per heavy atom. The minimum absolute atomic E-state index is 0. The number of ether oxygens (including phenoxy) is 7. The zero-order chi connectivity index (χ0) is 51.3. The monoisotopic (exact) mass is 987 g/mol. The molecule has 0 aliphatic heterocycles. The number of carboxylic acid groups (broad SMARTS) is 1. The van der Waals surface area contributed by atoms with Crippen molar-refractivity contribution in [2.45, 2.75) is 117 Å². The van der Waals surface area contributed by atoms with Gasteiger partial charge in [-0.05, 0) is 72.8 Å². The van der Waals surface area contributed by atoms with Crippen LogP contribution in [0.1, 0.15) is 113 Å². The zero-order valence-electron chi connectivity index (χ0n) is 42.8. The van der Waals surface area contributed by atoms with E-state index in [0.29, 0.717) is 53.7 Å². The number of phenolic OH excluding ortho intramolecular Hbond substituents is 1. The number of carbonyl (C=O) groups is 4. The average molecular weight is 988 g/mol. The number of methoxy groups -OCH3 is 6. The van der Waals surface area contributed by atoms with E-state index in [4.69, 9.17) is 38.3 Å². The van der Waals surface area contributed by atoms with Gasteiger partial charge in [-0.15, -0.1) is 0 Å². The first-order valence-electron chi connectivity index (χ1n) is 23.6. The first kappa shape index (κ1) is 59.5. The van der Waals surface area contributed by atoms with Crippen molar-refractivity contribution >= 4 is 64.0 Å². The summed E-state index contributed by atoms with van der Waals surface area (Å²) in [4.78, 5) is 50.4. The van der Waals surface area contributed by atoms with Gasteiger partial charge in [-0.3, -0.25) is 14.4 Å². The summed E-state index contributed by atoms with van der Waals surface area (Å²) >= 11 is 0. The van der Waals surface area contributed by atoms with E-state index in [0.717, 1.165) is 18.4 Å². The normalized spacial score (nSPS) is 19.5. The van der Waals surface area contributed by atoms with E-state index in [9.17, 15) is 39.6 Å². The molecule has 0 spiro atoms. The van der Waals surface area contributed by atoms with Crippen molar-refractivity contribution in [1.29, 1.82) is 0 Å². The predicted molar refractivity (Wildman–Crippen MR) is 265 cm³/mol. The Kier molecular flexibility index (Phi) is 23.5. The molecule has 0 unspecified atom stereocenters. The molecule has 2 aliphatic carbocycles. The Balaban J connectivity index is 0.000000378. The smallest absolute Gasteiger partial charge is 0.339 e. The number of hydrogen-bond donors (Lipinski definition) is 5. The third-order valence-electron chi connectivity index (χ3n) is 13.5.